The molecule has 2 N–H and O–H groups in total. The molecule has 3 aromatic rings. The highest BCUT2D eigenvalue weighted by Gasteiger charge is 2.37. The molecule has 1 fully saturated rings. The number of halogens is 2. The molecule has 208 valence electrons. The fourth-order valence-corrected chi connectivity index (χ4v) is 5.64. The molecule has 6 nitrogen and oxygen atoms in total. The first-order valence-corrected chi connectivity index (χ1v) is 13.6. The Kier molecular flexibility index (Phi) is 9.36. The number of hydrogen-bond donors (Lipinski definition) is 1. The lowest BCUT2D eigenvalue weighted by atomic mass is 9.90. The Morgan fingerprint density at radius 1 is 1.05 bits per heavy atom. The molecule has 0 bridgehead atoms. The van der Waals surface area contributed by atoms with E-state index in [1.807, 2.05) is 36.1 Å². The second-order valence-electron chi connectivity index (χ2n) is 9.97. The quantitative estimate of drug-likeness (QED) is 0.368. The van der Waals surface area contributed by atoms with E-state index in [9.17, 15) is 9.18 Å². The van der Waals surface area contributed by atoms with Crippen LogP contribution in [0.25, 0.3) is 0 Å². The van der Waals surface area contributed by atoms with Crippen molar-refractivity contribution in [3.8, 4) is 17.2 Å². The van der Waals surface area contributed by atoms with E-state index in [-0.39, 0.29) is 31.1 Å². The van der Waals surface area contributed by atoms with Gasteiger partial charge in [-0.05, 0) is 84.7 Å². The van der Waals surface area contributed by atoms with Crippen LogP contribution >= 0.6 is 11.6 Å². The monoisotopic (exact) mass is 554 g/mol. The Balaban J connectivity index is 0.000000270. The molecule has 0 aromatic heterocycles. The van der Waals surface area contributed by atoms with Crippen molar-refractivity contribution in [1.82, 2.24) is 4.90 Å². The summed E-state index contributed by atoms with van der Waals surface area (Å²) in [6.07, 6.45) is 2.80. The van der Waals surface area contributed by atoms with Crippen molar-refractivity contribution in [3.63, 3.8) is 0 Å². The molecule has 2 aliphatic rings. The number of methoxy groups -OCH3 is 1. The van der Waals surface area contributed by atoms with Gasteiger partial charge in [-0.3, -0.25) is 9.69 Å². The van der Waals surface area contributed by atoms with Crippen molar-refractivity contribution in [2.45, 2.75) is 52.0 Å². The number of carbonyl (C=O) groups is 1. The number of hydrogen-bond acceptors (Lipinski definition) is 5. The fourth-order valence-electron chi connectivity index (χ4n) is 5.36. The minimum absolute atomic E-state index is 0.0796. The zero-order valence-electron chi connectivity index (χ0n) is 22.9. The summed E-state index contributed by atoms with van der Waals surface area (Å²) < 4.78 is 30.8. The van der Waals surface area contributed by atoms with Crippen LogP contribution < -0.4 is 19.9 Å². The summed E-state index contributed by atoms with van der Waals surface area (Å²) in [5, 5.41) is 0.862. The number of primary amides is 1. The summed E-state index contributed by atoms with van der Waals surface area (Å²) in [6.45, 7) is 7.22. The van der Waals surface area contributed by atoms with E-state index in [1.165, 1.54) is 24.3 Å². The van der Waals surface area contributed by atoms with Gasteiger partial charge in [0.25, 0.3) is 0 Å². The van der Waals surface area contributed by atoms with Gasteiger partial charge in [0.1, 0.15) is 11.6 Å². The molecule has 0 aliphatic carbocycles. The molecule has 2 aliphatic heterocycles. The molecule has 2 heterocycles. The fraction of sp³-hybridized carbons (Fsp3) is 0.387. The minimum atomic E-state index is -0.429. The van der Waals surface area contributed by atoms with Crippen LogP contribution in [0.4, 0.5) is 4.39 Å². The van der Waals surface area contributed by atoms with E-state index in [1.54, 1.807) is 12.1 Å². The Morgan fingerprint density at radius 2 is 1.72 bits per heavy atom. The average molecular weight is 555 g/mol. The number of nitrogens with two attached hydrogens (primary N) is 1. The van der Waals surface area contributed by atoms with Crippen molar-refractivity contribution >= 4 is 17.5 Å². The molecule has 0 unspecified atom stereocenters. The lowest BCUT2D eigenvalue weighted by Crippen LogP contribution is -2.34. The maximum atomic E-state index is 14.7. The standard InChI is InChI=1S/C21H23FN2O4.C10H13Cl/c1-12-5-19-20(28-11-27-19)8-16(12)13-6-18(24(9-13)10-21(23)25)15-4-3-14(26-2)7-17(15)22;1-3-8-5-9(4-2)7-10(11)6-8/h3-5,7-8,13,18H,6,9-11H2,1-2H3,(H2,23,25);5-7H,3-4H2,1-2H3/t13-,18-;/m1./s1. The van der Waals surface area contributed by atoms with Gasteiger partial charge in [-0.15, -0.1) is 0 Å². The van der Waals surface area contributed by atoms with Gasteiger partial charge in [0, 0.05) is 29.2 Å². The molecule has 1 saturated heterocycles. The van der Waals surface area contributed by atoms with Crippen LogP contribution in [-0.2, 0) is 17.6 Å². The molecule has 0 spiro atoms. The third-order valence-electron chi connectivity index (χ3n) is 7.36. The van der Waals surface area contributed by atoms with Gasteiger partial charge in [-0.2, -0.15) is 0 Å². The number of fused-ring (bicyclic) bond motifs is 1. The SMILES string of the molecule is CCc1cc(Cl)cc(CC)c1.COc1ccc([C@H]2C[C@@H](c3cc4c(cc3C)OCO4)CN2CC(N)=O)c(F)c1. The van der Waals surface area contributed by atoms with Crippen LogP contribution in [0.1, 0.15) is 60.0 Å². The predicted octanol–water partition coefficient (Wildman–Crippen LogP) is 6.35. The van der Waals surface area contributed by atoms with Crippen LogP contribution in [0, 0.1) is 12.7 Å². The van der Waals surface area contributed by atoms with Crippen LogP contribution in [0.5, 0.6) is 17.2 Å². The van der Waals surface area contributed by atoms with Crippen LogP contribution in [-0.4, -0.2) is 37.8 Å². The van der Waals surface area contributed by atoms with Crippen LogP contribution in [0.2, 0.25) is 5.02 Å². The molecule has 2 atom stereocenters. The van der Waals surface area contributed by atoms with Crippen molar-refractivity contribution < 1.29 is 23.4 Å². The first-order valence-electron chi connectivity index (χ1n) is 13.3. The summed E-state index contributed by atoms with van der Waals surface area (Å²) >= 11 is 5.91. The summed E-state index contributed by atoms with van der Waals surface area (Å²) in [5.41, 5.74) is 10.9. The van der Waals surface area contributed by atoms with Gasteiger partial charge < -0.3 is 19.9 Å². The van der Waals surface area contributed by atoms with Crippen molar-refractivity contribution in [1.29, 1.82) is 0 Å². The van der Waals surface area contributed by atoms with Crippen molar-refractivity contribution in [2.24, 2.45) is 5.73 Å². The largest absolute Gasteiger partial charge is 0.497 e. The van der Waals surface area contributed by atoms with Gasteiger partial charge >= 0.3 is 0 Å². The normalized spacial score (nSPS) is 18.0. The highest BCUT2D eigenvalue weighted by atomic mass is 35.5. The molecular formula is C31H36ClFN2O4. The minimum Gasteiger partial charge on any atom is -0.497 e. The second-order valence-corrected chi connectivity index (χ2v) is 10.4. The summed E-state index contributed by atoms with van der Waals surface area (Å²) in [5.74, 6) is 1.28. The zero-order valence-corrected chi connectivity index (χ0v) is 23.7. The smallest absolute Gasteiger partial charge is 0.231 e. The summed E-state index contributed by atoms with van der Waals surface area (Å²) in [4.78, 5) is 13.6. The highest BCUT2D eigenvalue weighted by Crippen LogP contribution is 2.45. The number of likely N-dealkylation sites (tertiary alicyclic amines) is 1. The van der Waals surface area contributed by atoms with Crippen molar-refractivity contribution in [3.05, 3.63) is 87.2 Å². The Morgan fingerprint density at radius 3 is 2.31 bits per heavy atom. The Bertz CT molecular complexity index is 1310. The molecule has 0 radical (unpaired) electrons. The van der Waals surface area contributed by atoms with Gasteiger partial charge in [-0.25, -0.2) is 4.39 Å². The number of benzene rings is 3. The molecule has 5 rings (SSSR count). The Labute approximate surface area is 234 Å². The average Bonchev–Trinajstić information content (AvgIpc) is 3.54. The number of aryl methyl sites for hydroxylation is 3. The van der Waals surface area contributed by atoms with E-state index in [2.05, 4.69) is 19.9 Å². The van der Waals surface area contributed by atoms with E-state index in [0.717, 1.165) is 40.5 Å². The molecule has 0 saturated carbocycles. The maximum Gasteiger partial charge on any atom is 0.231 e. The maximum absolute atomic E-state index is 14.7. The molecule has 8 heteroatoms. The van der Waals surface area contributed by atoms with Crippen LogP contribution in [0.15, 0.2) is 48.5 Å². The molecule has 3 aromatic carbocycles. The van der Waals surface area contributed by atoms with Crippen molar-refractivity contribution in [2.75, 3.05) is 27.0 Å². The van der Waals surface area contributed by atoms with Crippen LogP contribution in [0.3, 0.4) is 0 Å². The van der Waals surface area contributed by atoms with Gasteiger partial charge in [0.2, 0.25) is 12.7 Å². The first-order chi connectivity index (χ1) is 18.7. The second kappa shape index (κ2) is 12.7. The van der Waals surface area contributed by atoms with Gasteiger partial charge in [0.05, 0.1) is 13.7 Å². The number of amides is 1. The zero-order chi connectivity index (χ0) is 28.1. The van der Waals surface area contributed by atoms with Gasteiger partial charge in [0.15, 0.2) is 11.5 Å². The molecule has 39 heavy (non-hydrogen) atoms. The molecule has 1 amide bonds. The van der Waals surface area contributed by atoms with E-state index in [4.69, 9.17) is 31.5 Å². The number of carbonyl (C=O) groups excluding carboxylic acids is 1. The Hall–Kier alpha value is -3.29. The van der Waals surface area contributed by atoms with E-state index in [0.29, 0.717) is 24.3 Å². The van der Waals surface area contributed by atoms with Gasteiger partial charge in [-0.1, -0.05) is 37.6 Å². The molecular weight excluding hydrogens is 519 g/mol. The summed E-state index contributed by atoms with van der Waals surface area (Å²) in [6, 6.07) is 14.8. The number of rotatable bonds is 7. The third kappa shape index (κ3) is 6.84. The van der Waals surface area contributed by atoms with E-state index < -0.39 is 5.91 Å². The lowest BCUT2D eigenvalue weighted by Gasteiger charge is -2.23. The third-order valence-corrected chi connectivity index (χ3v) is 7.58. The lowest BCUT2D eigenvalue weighted by molar-refractivity contribution is -0.119. The number of nitrogens with zero attached hydrogens (tertiary/aromatic N) is 1. The van der Waals surface area contributed by atoms with E-state index >= 15 is 0 Å². The predicted molar refractivity (Wildman–Crippen MR) is 151 cm³/mol. The number of ether oxygens (including phenoxy) is 3. The topological polar surface area (TPSA) is 74.0 Å². The highest BCUT2D eigenvalue weighted by molar-refractivity contribution is 6.30. The summed E-state index contributed by atoms with van der Waals surface area (Å²) in [7, 11) is 1.50. The first kappa shape index (κ1) is 28.7.